The average molecular weight is 316 g/mol. The van der Waals surface area contributed by atoms with Crippen LogP contribution in [0.3, 0.4) is 0 Å². The standard InChI is InChI=1S/C11H8BrClN2S/c12-10-2-1-4-15-11(10)16-7-9-6-8(13)3-5-14-9/h1-6H,7H2. The molecule has 0 aliphatic heterocycles. The highest BCUT2D eigenvalue weighted by Crippen LogP contribution is 2.27. The second-order valence-electron chi connectivity index (χ2n) is 3.04. The van der Waals surface area contributed by atoms with Gasteiger partial charge >= 0.3 is 0 Å². The van der Waals surface area contributed by atoms with Crippen molar-refractivity contribution in [2.75, 3.05) is 0 Å². The monoisotopic (exact) mass is 314 g/mol. The maximum atomic E-state index is 5.88. The number of hydrogen-bond acceptors (Lipinski definition) is 3. The smallest absolute Gasteiger partial charge is 0.111 e. The highest BCUT2D eigenvalue weighted by molar-refractivity contribution is 9.10. The summed E-state index contributed by atoms with van der Waals surface area (Å²) in [5.74, 6) is 0.760. The summed E-state index contributed by atoms with van der Waals surface area (Å²) in [6.07, 6.45) is 3.49. The Morgan fingerprint density at radius 1 is 1.25 bits per heavy atom. The molecule has 5 heteroatoms. The van der Waals surface area contributed by atoms with Crippen LogP contribution < -0.4 is 0 Å². The van der Waals surface area contributed by atoms with Crippen molar-refractivity contribution in [2.45, 2.75) is 10.8 Å². The van der Waals surface area contributed by atoms with E-state index >= 15 is 0 Å². The van der Waals surface area contributed by atoms with Crippen molar-refractivity contribution in [3.8, 4) is 0 Å². The lowest BCUT2D eigenvalue weighted by atomic mass is 10.4. The second-order valence-corrected chi connectivity index (χ2v) is 5.30. The Morgan fingerprint density at radius 3 is 2.88 bits per heavy atom. The first kappa shape index (κ1) is 11.9. The summed E-state index contributed by atoms with van der Waals surface area (Å²) in [5.41, 5.74) is 0.954. The van der Waals surface area contributed by atoms with Crippen LogP contribution in [-0.2, 0) is 5.75 Å². The van der Waals surface area contributed by atoms with Gasteiger partial charge in [0.2, 0.25) is 0 Å². The van der Waals surface area contributed by atoms with Gasteiger partial charge in [-0.1, -0.05) is 23.4 Å². The molecule has 0 radical (unpaired) electrons. The number of thioether (sulfide) groups is 1. The van der Waals surface area contributed by atoms with Crippen molar-refractivity contribution in [3.63, 3.8) is 0 Å². The molecule has 0 atom stereocenters. The van der Waals surface area contributed by atoms with E-state index in [4.69, 9.17) is 11.6 Å². The molecule has 0 amide bonds. The van der Waals surface area contributed by atoms with E-state index in [-0.39, 0.29) is 0 Å². The molecule has 0 aromatic carbocycles. The minimum atomic E-state index is 0.714. The highest BCUT2D eigenvalue weighted by atomic mass is 79.9. The Bertz CT molecular complexity index is 493. The molecule has 2 rings (SSSR count). The fourth-order valence-corrected chi connectivity index (χ4v) is 2.71. The van der Waals surface area contributed by atoms with E-state index in [1.54, 1.807) is 30.2 Å². The summed E-state index contributed by atoms with van der Waals surface area (Å²) in [5, 5.41) is 1.68. The van der Waals surface area contributed by atoms with Gasteiger partial charge in [-0.2, -0.15) is 0 Å². The van der Waals surface area contributed by atoms with Gasteiger partial charge in [-0.05, 0) is 40.2 Å². The number of rotatable bonds is 3. The Kier molecular flexibility index (Phi) is 4.21. The van der Waals surface area contributed by atoms with Crippen LogP contribution >= 0.6 is 39.3 Å². The fourth-order valence-electron chi connectivity index (χ4n) is 1.15. The van der Waals surface area contributed by atoms with Gasteiger partial charge in [0, 0.05) is 27.6 Å². The van der Waals surface area contributed by atoms with E-state index in [1.807, 2.05) is 18.2 Å². The van der Waals surface area contributed by atoms with Crippen LogP contribution in [0.15, 0.2) is 46.2 Å². The Hall–Kier alpha value is -0.580. The van der Waals surface area contributed by atoms with Crippen LogP contribution in [-0.4, -0.2) is 9.97 Å². The van der Waals surface area contributed by atoms with Gasteiger partial charge in [-0.25, -0.2) is 4.98 Å². The largest absolute Gasteiger partial charge is 0.260 e. The van der Waals surface area contributed by atoms with E-state index in [0.717, 1.165) is 20.9 Å². The number of halogens is 2. The molecule has 0 N–H and O–H groups in total. The molecular weight excluding hydrogens is 308 g/mol. The molecule has 82 valence electrons. The predicted octanol–water partition coefficient (Wildman–Crippen LogP) is 4.18. The molecule has 0 aliphatic carbocycles. The van der Waals surface area contributed by atoms with Crippen molar-refractivity contribution >= 4 is 39.3 Å². The van der Waals surface area contributed by atoms with Gasteiger partial charge in [-0.3, -0.25) is 4.98 Å². The molecule has 2 nitrogen and oxygen atoms in total. The molecule has 0 aliphatic rings. The number of aromatic nitrogens is 2. The fraction of sp³-hybridized carbons (Fsp3) is 0.0909. The van der Waals surface area contributed by atoms with Crippen molar-refractivity contribution < 1.29 is 0 Å². The lowest BCUT2D eigenvalue weighted by Gasteiger charge is -2.02. The van der Waals surface area contributed by atoms with Crippen molar-refractivity contribution in [2.24, 2.45) is 0 Å². The van der Waals surface area contributed by atoms with Crippen LogP contribution in [0.5, 0.6) is 0 Å². The molecule has 16 heavy (non-hydrogen) atoms. The molecule has 0 fully saturated rings. The minimum Gasteiger partial charge on any atom is -0.260 e. The third-order valence-corrected chi connectivity index (χ3v) is 4.04. The van der Waals surface area contributed by atoms with Crippen molar-refractivity contribution in [1.29, 1.82) is 0 Å². The predicted molar refractivity (Wildman–Crippen MR) is 70.7 cm³/mol. The van der Waals surface area contributed by atoms with E-state index in [9.17, 15) is 0 Å². The SMILES string of the molecule is Clc1ccnc(CSc2ncccc2Br)c1. The minimum absolute atomic E-state index is 0.714. The summed E-state index contributed by atoms with van der Waals surface area (Å²) < 4.78 is 1.00. The Balaban J connectivity index is 2.05. The molecule has 0 unspecified atom stereocenters. The number of hydrogen-bond donors (Lipinski definition) is 0. The summed E-state index contributed by atoms with van der Waals surface area (Å²) in [7, 11) is 0. The van der Waals surface area contributed by atoms with Gasteiger partial charge in [0.1, 0.15) is 5.03 Å². The Labute approximate surface area is 112 Å². The molecule has 2 aromatic rings. The third-order valence-electron chi connectivity index (χ3n) is 1.86. The molecule has 0 spiro atoms. The first-order valence-corrected chi connectivity index (χ1v) is 6.75. The van der Waals surface area contributed by atoms with Crippen LogP contribution in [0, 0.1) is 0 Å². The van der Waals surface area contributed by atoms with Crippen LogP contribution in [0.1, 0.15) is 5.69 Å². The summed E-state index contributed by atoms with van der Waals surface area (Å²) >= 11 is 11.0. The van der Waals surface area contributed by atoms with Crippen molar-refractivity contribution in [3.05, 3.63) is 51.8 Å². The maximum Gasteiger partial charge on any atom is 0.111 e. The quantitative estimate of drug-likeness (QED) is 0.794. The molecule has 2 aromatic heterocycles. The zero-order chi connectivity index (χ0) is 11.4. The summed E-state index contributed by atoms with van der Waals surface area (Å²) in [6, 6.07) is 7.50. The molecular formula is C11H8BrClN2S. The first-order chi connectivity index (χ1) is 7.75. The zero-order valence-electron chi connectivity index (χ0n) is 8.23. The molecule has 2 heterocycles. The van der Waals surface area contributed by atoms with Gasteiger partial charge in [0.15, 0.2) is 0 Å². The highest BCUT2D eigenvalue weighted by Gasteiger charge is 2.02. The summed E-state index contributed by atoms with van der Waals surface area (Å²) in [6.45, 7) is 0. The van der Waals surface area contributed by atoms with E-state index < -0.39 is 0 Å². The topological polar surface area (TPSA) is 25.8 Å². The average Bonchev–Trinajstić information content (AvgIpc) is 2.28. The van der Waals surface area contributed by atoms with Gasteiger partial charge in [-0.15, -0.1) is 0 Å². The normalized spacial score (nSPS) is 10.4. The van der Waals surface area contributed by atoms with E-state index in [2.05, 4.69) is 25.9 Å². The van der Waals surface area contributed by atoms with Crippen LogP contribution in [0.4, 0.5) is 0 Å². The zero-order valence-corrected chi connectivity index (χ0v) is 11.4. The van der Waals surface area contributed by atoms with Gasteiger partial charge < -0.3 is 0 Å². The summed E-state index contributed by atoms with van der Waals surface area (Å²) in [4.78, 5) is 8.51. The van der Waals surface area contributed by atoms with E-state index in [0.29, 0.717) is 5.02 Å². The van der Waals surface area contributed by atoms with Crippen LogP contribution in [0.2, 0.25) is 5.02 Å². The first-order valence-electron chi connectivity index (χ1n) is 4.59. The molecule has 0 saturated heterocycles. The lowest BCUT2D eigenvalue weighted by molar-refractivity contribution is 1.10. The number of nitrogens with zero attached hydrogens (tertiary/aromatic N) is 2. The number of pyridine rings is 2. The van der Waals surface area contributed by atoms with Gasteiger partial charge in [0.05, 0.1) is 5.69 Å². The maximum absolute atomic E-state index is 5.88. The lowest BCUT2D eigenvalue weighted by Crippen LogP contribution is -1.87. The third kappa shape index (κ3) is 3.20. The van der Waals surface area contributed by atoms with Gasteiger partial charge in [0.25, 0.3) is 0 Å². The van der Waals surface area contributed by atoms with Crippen LogP contribution in [0.25, 0.3) is 0 Å². The molecule has 0 bridgehead atoms. The second kappa shape index (κ2) is 5.66. The van der Waals surface area contributed by atoms with E-state index in [1.165, 1.54) is 0 Å². The Morgan fingerprint density at radius 2 is 2.12 bits per heavy atom. The molecule has 0 saturated carbocycles. The van der Waals surface area contributed by atoms with Crippen molar-refractivity contribution in [1.82, 2.24) is 9.97 Å².